The quantitative estimate of drug-likeness (QED) is 0.749. The van der Waals surface area contributed by atoms with Gasteiger partial charge in [-0.25, -0.2) is 8.42 Å². The molecular weight excluding hydrogens is 280 g/mol. The summed E-state index contributed by atoms with van der Waals surface area (Å²) in [4.78, 5) is 13.4. The standard InChI is InChI=1S/C10H15ClN2O4S/c1-12(4-5-17-3)10(14)9-6-8(7-13(9)2)18(11,15)16/h6-7H,4-5H2,1-3H3. The first kappa shape index (κ1) is 15.0. The molecule has 0 saturated heterocycles. The molecule has 6 nitrogen and oxygen atoms in total. The highest BCUT2D eigenvalue weighted by molar-refractivity contribution is 8.13. The van der Waals surface area contributed by atoms with Crippen molar-refractivity contribution in [1.29, 1.82) is 0 Å². The zero-order valence-electron chi connectivity index (χ0n) is 10.4. The van der Waals surface area contributed by atoms with Gasteiger partial charge in [0.15, 0.2) is 0 Å². The van der Waals surface area contributed by atoms with Gasteiger partial charge in [-0.2, -0.15) is 0 Å². The van der Waals surface area contributed by atoms with Gasteiger partial charge in [-0.05, 0) is 6.07 Å². The fourth-order valence-electron chi connectivity index (χ4n) is 1.41. The summed E-state index contributed by atoms with van der Waals surface area (Å²) >= 11 is 0. The molecule has 1 aromatic rings. The second-order valence-corrected chi connectivity index (χ2v) is 6.40. The molecule has 0 N–H and O–H groups in total. The summed E-state index contributed by atoms with van der Waals surface area (Å²) in [5.41, 5.74) is 0.257. The van der Waals surface area contributed by atoms with Crippen molar-refractivity contribution in [2.24, 2.45) is 7.05 Å². The Hall–Kier alpha value is -1.05. The lowest BCUT2D eigenvalue weighted by Gasteiger charge is -2.16. The lowest BCUT2D eigenvalue weighted by Crippen LogP contribution is -2.31. The predicted molar refractivity (Wildman–Crippen MR) is 67.3 cm³/mol. The van der Waals surface area contributed by atoms with E-state index in [9.17, 15) is 13.2 Å². The van der Waals surface area contributed by atoms with E-state index in [1.807, 2.05) is 0 Å². The predicted octanol–water partition coefficient (Wildman–Crippen LogP) is 0.671. The van der Waals surface area contributed by atoms with Crippen molar-refractivity contribution in [3.8, 4) is 0 Å². The molecule has 8 heteroatoms. The van der Waals surface area contributed by atoms with E-state index in [1.165, 1.54) is 21.7 Å². The van der Waals surface area contributed by atoms with E-state index >= 15 is 0 Å². The number of likely N-dealkylation sites (N-methyl/N-ethyl adjacent to an activating group) is 1. The van der Waals surface area contributed by atoms with E-state index in [-0.39, 0.29) is 16.5 Å². The van der Waals surface area contributed by atoms with Crippen LogP contribution in [0.3, 0.4) is 0 Å². The van der Waals surface area contributed by atoms with Gasteiger partial charge in [0.05, 0.1) is 6.61 Å². The number of methoxy groups -OCH3 is 1. The van der Waals surface area contributed by atoms with Crippen LogP contribution >= 0.6 is 10.7 Å². The number of amides is 1. The van der Waals surface area contributed by atoms with Gasteiger partial charge in [0.25, 0.3) is 15.0 Å². The van der Waals surface area contributed by atoms with E-state index in [4.69, 9.17) is 15.4 Å². The third kappa shape index (κ3) is 3.47. The molecule has 0 aliphatic heterocycles. The van der Waals surface area contributed by atoms with E-state index in [0.29, 0.717) is 13.2 Å². The fraction of sp³-hybridized carbons (Fsp3) is 0.500. The van der Waals surface area contributed by atoms with Gasteiger partial charge in [-0.3, -0.25) is 4.79 Å². The minimum absolute atomic E-state index is 0.0878. The molecule has 1 aromatic heterocycles. The third-order valence-electron chi connectivity index (χ3n) is 2.46. The van der Waals surface area contributed by atoms with Gasteiger partial charge in [0.1, 0.15) is 10.6 Å². The summed E-state index contributed by atoms with van der Waals surface area (Å²) in [5, 5.41) is 0. The van der Waals surface area contributed by atoms with Crippen molar-refractivity contribution in [3.63, 3.8) is 0 Å². The third-order valence-corrected chi connectivity index (χ3v) is 3.78. The molecule has 18 heavy (non-hydrogen) atoms. The molecule has 0 aromatic carbocycles. The first-order chi connectivity index (χ1) is 8.27. The topological polar surface area (TPSA) is 68.6 Å². The van der Waals surface area contributed by atoms with Gasteiger partial charge in [-0.15, -0.1) is 0 Å². The molecule has 0 aliphatic carbocycles. The number of carbonyl (C=O) groups is 1. The van der Waals surface area contributed by atoms with Crippen LogP contribution in [0, 0.1) is 0 Å². The number of hydrogen-bond donors (Lipinski definition) is 0. The summed E-state index contributed by atoms with van der Waals surface area (Å²) in [5.74, 6) is -0.291. The monoisotopic (exact) mass is 294 g/mol. The number of halogens is 1. The van der Waals surface area contributed by atoms with Crippen LogP contribution in [0.1, 0.15) is 10.5 Å². The minimum atomic E-state index is -3.82. The maximum absolute atomic E-state index is 12.0. The molecule has 0 unspecified atom stereocenters. The first-order valence-electron chi connectivity index (χ1n) is 5.12. The average Bonchev–Trinajstić information content (AvgIpc) is 2.66. The molecule has 1 heterocycles. The summed E-state index contributed by atoms with van der Waals surface area (Å²) in [6, 6.07) is 1.26. The summed E-state index contributed by atoms with van der Waals surface area (Å²) in [7, 11) is 6.14. The molecule has 0 saturated carbocycles. The molecule has 0 atom stereocenters. The normalized spacial score (nSPS) is 11.6. The molecule has 0 aliphatic rings. The molecule has 102 valence electrons. The van der Waals surface area contributed by atoms with Crippen LogP contribution in [-0.4, -0.2) is 51.1 Å². The number of hydrogen-bond acceptors (Lipinski definition) is 4. The highest BCUT2D eigenvalue weighted by atomic mass is 35.7. The largest absolute Gasteiger partial charge is 0.383 e. The molecule has 0 fully saturated rings. The van der Waals surface area contributed by atoms with Crippen molar-refractivity contribution >= 4 is 25.6 Å². The van der Waals surface area contributed by atoms with Crippen LogP contribution in [0.5, 0.6) is 0 Å². The Labute approximate surface area is 111 Å². The van der Waals surface area contributed by atoms with Gasteiger partial charge in [-0.1, -0.05) is 0 Å². The Morgan fingerprint density at radius 3 is 2.61 bits per heavy atom. The van der Waals surface area contributed by atoms with Gasteiger partial charge in [0.2, 0.25) is 0 Å². The Balaban J connectivity index is 2.97. The lowest BCUT2D eigenvalue weighted by atomic mass is 10.3. The van der Waals surface area contributed by atoms with Crippen molar-refractivity contribution in [2.45, 2.75) is 4.90 Å². The second-order valence-electron chi connectivity index (χ2n) is 3.83. The van der Waals surface area contributed by atoms with Crippen LogP contribution in [0.15, 0.2) is 17.2 Å². The molecule has 0 spiro atoms. The number of rotatable bonds is 5. The summed E-state index contributed by atoms with van der Waals surface area (Å²) < 4.78 is 28.6. The highest BCUT2D eigenvalue weighted by Gasteiger charge is 2.20. The molecule has 0 radical (unpaired) electrons. The number of carbonyl (C=O) groups excluding carboxylic acids is 1. The second kappa shape index (κ2) is 5.73. The van der Waals surface area contributed by atoms with Crippen LogP contribution in [0.2, 0.25) is 0 Å². The van der Waals surface area contributed by atoms with Crippen molar-refractivity contribution in [1.82, 2.24) is 9.47 Å². The van der Waals surface area contributed by atoms with Gasteiger partial charge in [0, 0.05) is 44.6 Å². The average molecular weight is 295 g/mol. The van der Waals surface area contributed by atoms with Crippen molar-refractivity contribution < 1.29 is 17.9 Å². The van der Waals surface area contributed by atoms with E-state index in [1.54, 1.807) is 21.2 Å². The van der Waals surface area contributed by atoms with E-state index in [2.05, 4.69) is 0 Å². The van der Waals surface area contributed by atoms with Crippen molar-refractivity contribution in [3.05, 3.63) is 18.0 Å². The molecule has 0 bridgehead atoms. The highest BCUT2D eigenvalue weighted by Crippen LogP contribution is 2.18. The maximum Gasteiger partial charge on any atom is 0.270 e. The zero-order valence-corrected chi connectivity index (χ0v) is 12.0. The zero-order chi connectivity index (χ0) is 13.9. The SMILES string of the molecule is COCCN(C)C(=O)c1cc(S(=O)(=O)Cl)cn1C. The van der Waals surface area contributed by atoms with Crippen LogP contribution in [-0.2, 0) is 20.8 Å². The van der Waals surface area contributed by atoms with E-state index in [0.717, 1.165) is 0 Å². The van der Waals surface area contributed by atoms with Gasteiger partial charge >= 0.3 is 0 Å². The Kier molecular flexibility index (Phi) is 4.78. The van der Waals surface area contributed by atoms with E-state index < -0.39 is 9.05 Å². The number of nitrogens with zero attached hydrogens (tertiary/aromatic N) is 2. The van der Waals surface area contributed by atoms with Gasteiger partial charge < -0.3 is 14.2 Å². The number of aryl methyl sites for hydroxylation is 1. The molecule has 1 amide bonds. The van der Waals surface area contributed by atoms with Crippen LogP contribution < -0.4 is 0 Å². The smallest absolute Gasteiger partial charge is 0.270 e. The first-order valence-corrected chi connectivity index (χ1v) is 7.43. The Morgan fingerprint density at radius 2 is 2.17 bits per heavy atom. The minimum Gasteiger partial charge on any atom is -0.383 e. The summed E-state index contributed by atoms with van der Waals surface area (Å²) in [6.07, 6.45) is 1.31. The summed E-state index contributed by atoms with van der Waals surface area (Å²) in [6.45, 7) is 0.830. The Bertz CT molecular complexity index is 538. The van der Waals surface area contributed by atoms with Crippen molar-refractivity contribution in [2.75, 3.05) is 27.3 Å². The lowest BCUT2D eigenvalue weighted by molar-refractivity contribution is 0.0735. The Morgan fingerprint density at radius 1 is 1.56 bits per heavy atom. The van der Waals surface area contributed by atoms with Crippen LogP contribution in [0.25, 0.3) is 0 Å². The number of aromatic nitrogens is 1. The maximum atomic E-state index is 12.0. The number of ether oxygens (including phenoxy) is 1. The van der Waals surface area contributed by atoms with Crippen LogP contribution in [0.4, 0.5) is 0 Å². The molecule has 1 rings (SSSR count). The molecular formula is C10H15ClN2O4S. The fourth-order valence-corrected chi connectivity index (χ4v) is 2.20.